The lowest BCUT2D eigenvalue weighted by Crippen LogP contribution is -2.12. The summed E-state index contributed by atoms with van der Waals surface area (Å²) in [6.07, 6.45) is 5.21. The van der Waals surface area contributed by atoms with E-state index in [1.165, 1.54) is 16.5 Å². The molecule has 0 unspecified atom stereocenters. The first-order chi connectivity index (χ1) is 19.7. The van der Waals surface area contributed by atoms with E-state index in [-0.39, 0.29) is 5.92 Å². The number of benzene rings is 5. The van der Waals surface area contributed by atoms with Crippen LogP contribution >= 0.6 is 11.6 Å². The molecule has 0 bridgehead atoms. The van der Waals surface area contributed by atoms with Gasteiger partial charge in [0, 0.05) is 27.8 Å². The molecule has 190 valence electrons. The molecule has 0 saturated carbocycles. The Hall–Kier alpha value is -4.80. The number of hydrogen-bond acceptors (Lipinski definition) is 4. The van der Waals surface area contributed by atoms with E-state index in [1.807, 2.05) is 36.4 Å². The molecule has 5 aromatic carbocycles. The zero-order valence-corrected chi connectivity index (χ0v) is 22.1. The van der Waals surface area contributed by atoms with E-state index in [4.69, 9.17) is 31.0 Å². The Kier molecular flexibility index (Phi) is 5.29. The summed E-state index contributed by atoms with van der Waals surface area (Å²) in [6, 6.07) is 35.0. The summed E-state index contributed by atoms with van der Waals surface area (Å²) in [4.78, 5) is 15.2. The van der Waals surface area contributed by atoms with Crippen molar-refractivity contribution in [1.29, 1.82) is 0 Å². The molecule has 0 amide bonds. The highest BCUT2D eigenvalue weighted by molar-refractivity contribution is 6.36. The molecule has 0 spiro atoms. The monoisotopic (exact) mass is 535 g/mol. The lowest BCUT2D eigenvalue weighted by Gasteiger charge is -2.19. The number of furan rings is 1. The Morgan fingerprint density at radius 1 is 0.725 bits per heavy atom. The number of allylic oxidation sites excluding steroid dienone is 1. The summed E-state index contributed by atoms with van der Waals surface area (Å²) in [7, 11) is 0. The highest BCUT2D eigenvalue weighted by Crippen LogP contribution is 2.40. The number of nitrogens with zero attached hydrogens (tertiary/aromatic N) is 3. The molecular weight excluding hydrogens is 514 g/mol. The first-order valence-corrected chi connectivity index (χ1v) is 13.7. The lowest BCUT2D eigenvalue weighted by atomic mass is 9.89. The Labute approximate surface area is 235 Å². The molecular formula is C35H22ClN3O. The van der Waals surface area contributed by atoms with Crippen molar-refractivity contribution in [2.45, 2.75) is 12.3 Å². The van der Waals surface area contributed by atoms with Crippen LogP contribution < -0.4 is 0 Å². The molecule has 0 saturated heterocycles. The number of hydrogen-bond donors (Lipinski definition) is 0. The summed E-state index contributed by atoms with van der Waals surface area (Å²) in [6.45, 7) is 0. The largest absolute Gasteiger partial charge is 0.454 e. The van der Waals surface area contributed by atoms with Crippen LogP contribution in [0.5, 0.6) is 0 Å². The van der Waals surface area contributed by atoms with E-state index >= 15 is 0 Å². The van der Waals surface area contributed by atoms with Crippen molar-refractivity contribution in [3.8, 4) is 22.8 Å². The van der Waals surface area contributed by atoms with Crippen LogP contribution in [0.1, 0.15) is 22.9 Å². The molecule has 8 rings (SSSR count). The van der Waals surface area contributed by atoms with E-state index in [0.29, 0.717) is 22.3 Å². The van der Waals surface area contributed by atoms with Gasteiger partial charge < -0.3 is 4.42 Å². The minimum Gasteiger partial charge on any atom is -0.454 e. The first-order valence-electron chi connectivity index (χ1n) is 13.3. The minimum absolute atomic E-state index is 0.0275. The maximum absolute atomic E-state index is 6.62. The lowest BCUT2D eigenvalue weighted by molar-refractivity contribution is 0.669. The van der Waals surface area contributed by atoms with Gasteiger partial charge in [-0.05, 0) is 52.6 Å². The van der Waals surface area contributed by atoms with Crippen LogP contribution in [-0.2, 0) is 6.42 Å². The molecule has 0 N–H and O–H groups in total. The Morgan fingerprint density at radius 2 is 1.52 bits per heavy atom. The van der Waals surface area contributed by atoms with Crippen molar-refractivity contribution < 1.29 is 4.42 Å². The zero-order valence-electron chi connectivity index (χ0n) is 21.4. The third kappa shape index (κ3) is 3.80. The second-order valence-electron chi connectivity index (χ2n) is 10.2. The highest BCUT2D eigenvalue weighted by atomic mass is 35.5. The molecule has 5 heteroatoms. The van der Waals surface area contributed by atoms with E-state index in [0.717, 1.165) is 45.1 Å². The van der Waals surface area contributed by atoms with E-state index < -0.39 is 0 Å². The molecule has 40 heavy (non-hydrogen) atoms. The predicted octanol–water partition coefficient (Wildman–Crippen LogP) is 9.26. The highest BCUT2D eigenvalue weighted by Gasteiger charge is 2.23. The second-order valence-corrected chi connectivity index (χ2v) is 10.6. The van der Waals surface area contributed by atoms with Crippen molar-refractivity contribution in [1.82, 2.24) is 15.0 Å². The van der Waals surface area contributed by atoms with Crippen LogP contribution in [0.4, 0.5) is 0 Å². The van der Waals surface area contributed by atoms with Crippen LogP contribution in [0.3, 0.4) is 0 Å². The van der Waals surface area contributed by atoms with Crippen molar-refractivity contribution in [2.75, 3.05) is 0 Å². The molecule has 0 fully saturated rings. The van der Waals surface area contributed by atoms with Crippen LogP contribution in [0, 0.1) is 0 Å². The minimum atomic E-state index is 0.0275. The molecule has 7 aromatic rings. The zero-order chi connectivity index (χ0) is 26.6. The SMILES string of the molecule is Clc1ccc(-c2nc(-c3ccc4ccccc4c3)nc([C@H]3C=Cc4ccccc4C3)n2)c2c1oc1ccccc12. The molecule has 2 heterocycles. The molecule has 0 aliphatic heterocycles. The maximum Gasteiger partial charge on any atom is 0.164 e. The Bertz CT molecular complexity index is 2130. The van der Waals surface area contributed by atoms with E-state index in [1.54, 1.807) is 0 Å². The fourth-order valence-corrected chi connectivity index (χ4v) is 5.90. The van der Waals surface area contributed by atoms with Gasteiger partial charge >= 0.3 is 0 Å². The number of aromatic nitrogens is 3. The maximum atomic E-state index is 6.62. The van der Waals surface area contributed by atoms with Gasteiger partial charge in [0.15, 0.2) is 17.2 Å². The number of para-hydroxylation sites is 1. The molecule has 1 aliphatic rings. The van der Waals surface area contributed by atoms with Gasteiger partial charge in [-0.2, -0.15) is 0 Å². The van der Waals surface area contributed by atoms with Crippen LogP contribution in [-0.4, -0.2) is 15.0 Å². The average Bonchev–Trinajstić information content (AvgIpc) is 3.41. The van der Waals surface area contributed by atoms with Gasteiger partial charge in [-0.1, -0.05) is 103 Å². The fraction of sp³-hybridized carbons (Fsp3) is 0.0571. The second kappa shape index (κ2) is 9.15. The average molecular weight is 536 g/mol. The fourth-order valence-electron chi connectivity index (χ4n) is 5.70. The first kappa shape index (κ1) is 23.1. The normalized spacial score (nSPS) is 14.7. The third-order valence-corrected chi connectivity index (χ3v) is 8.01. The van der Waals surface area contributed by atoms with Gasteiger partial charge in [0.05, 0.1) is 5.02 Å². The topological polar surface area (TPSA) is 51.8 Å². The van der Waals surface area contributed by atoms with Crippen molar-refractivity contribution >= 4 is 50.4 Å². The van der Waals surface area contributed by atoms with Gasteiger partial charge in [0.1, 0.15) is 11.4 Å². The van der Waals surface area contributed by atoms with Crippen molar-refractivity contribution in [3.05, 3.63) is 131 Å². The van der Waals surface area contributed by atoms with Crippen molar-refractivity contribution in [2.24, 2.45) is 0 Å². The summed E-state index contributed by atoms with van der Waals surface area (Å²) in [5.41, 5.74) is 5.77. The summed E-state index contributed by atoms with van der Waals surface area (Å²) >= 11 is 6.62. The molecule has 2 aromatic heterocycles. The Morgan fingerprint density at radius 3 is 2.48 bits per heavy atom. The van der Waals surface area contributed by atoms with E-state index in [2.05, 4.69) is 78.9 Å². The molecule has 1 aliphatic carbocycles. The smallest absolute Gasteiger partial charge is 0.164 e. The van der Waals surface area contributed by atoms with Crippen LogP contribution in [0.15, 0.2) is 114 Å². The number of fused-ring (bicyclic) bond motifs is 5. The van der Waals surface area contributed by atoms with Gasteiger partial charge in [0.2, 0.25) is 0 Å². The van der Waals surface area contributed by atoms with Gasteiger partial charge in [-0.25, -0.2) is 15.0 Å². The third-order valence-electron chi connectivity index (χ3n) is 7.71. The molecule has 1 atom stereocenters. The quantitative estimate of drug-likeness (QED) is 0.226. The Balaban J connectivity index is 1.36. The summed E-state index contributed by atoms with van der Waals surface area (Å²) < 4.78 is 6.18. The summed E-state index contributed by atoms with van der Waals surface area (Å²) in [5, 5.41) is 4.78. The predicted molar refractivity (Wildman–Crippen MR) is 162 cm³/mol. The molecule has 0 radical (unpaired) electrons. The van der Waals surface area contributed by atoms with Gasteiger partial charge in [-0.15, -0.1) is 0 Å². The van der Waals surface area contributed by atoms with Crippen molar-refractivity contribution in [3.63, 3.8) is 0 Å². The number of rotatable bonds is 3. The van der Waals surface area contributed by atoms with Crippen LogP contribution in [0.25, 0.3) is 61.6 Å². The van der Waals surface area contributed by atoms with E-state index in [9.17, 15) is 0 Å². The number of halogens is 1. The van der Waals surface area contributed by atoms with Gasteiger partial charge in [-0.3, -0.25) is 0 Å². The standard InChI is InChI=1S/C35H22ClN3O/c36-29-18-17-28(31-27-11-5-6-12-30(27)40-32(29)31)35-38-33(25-15-13-21-7-1-3-9-23(21)19-25)37-34(39-35)26-16-14-22-8-2-4-10-24(22)20-26/h1-19,26H,20H2/t26-/m0/s1. The van der Waals surface area contributed by atoms with Crippen LogP contribution in [0.2, 0.25) is 5.02 Å². The molecule has 4 nitrogen and oxygen atoms in total. The van der Waals surface area contributed by atoms with Gasteiger partial charge in [0.25, 0.3) is 0 Å². The summed E-state index contributed by atoms with van der Waals surface area (Å²) in [5.74, 6) is 2.03.